The average molecular weight is 300 g/mol. The Morgan fingerprint density at radius 2 is 1.80 bits per heavy atom. The summed E-state index contributed by atoms with van der Waals surface area (Å²) in [6.45, 7) is 11.6. The molecule has 0 bridgehead atoms. The Morgan fingerprint density at radius 1 is 1.20 bits per heavy atom. The SMILES string of the molecule is CCNCc1ccc(S(=O)(=O)NC2C(C)(C)C2(C)C)o1. The Kier molecular flexibility index (Phi) is 3.77. The summed E-state index contributed by atoms with van der Waals surface area (Å²) in [5, 5.41) is 3.09. The summed E-state index contributed by atoms with van der Waals surface area (Å²) in [7, 11) is -3.59. The zero-order chi connectivity index (χ0) is 15.2. The predicted octanol–water partition coefficient (Wildman–Crippen LogP) is 2.10. The fourth-order valence-corrected chi connectivity index (χ4v) is 4.03. The van der Waals surface area contributed by atoms with Gasteiger partial charge in [0, 0.05) is 6.04 Å². The molecular formula is C14H24N2O3S. The fraction of sp³-hybridized carbons (Fsp3) is 0.714. The van der Waals surface area contributed by atoms with Gasteiger partial charge in [-0.05, 0) is 29.5 Å². The van der Waals surface area contributed by atoms with Crippen molar-refractivity contribution < 1.29 is 12.8 Å². The average Bonchev–Trinajstić information content (AvgIpc) is 2.78. The highest BCUT2D eigenvalue weighted by atomic mass is 32.2. The molecule has 1 aromatic rings. The van der Waals surface area contributed by atoms with Crippen LogP contribution in [0.15, 0.2) is 21.6 Å². The zero-order valence-electron chi connectivity index (χ0n) is 12.8. The van der Waals surface area contributed by atoms with Crippen molar-refractivity contribution in [1.82, 2.24) is 10.0 Å². The fourth-order valence-electron chi connectivity index (χ4n) is 2.55. The van der Waals surface area contributed by atoms with Crippen LogP contribution in [0.5, 0.6) is 0 Å². The van der Waals surface area contributed by atoms with Crippen LogP contribution in [0.25, 0.3) is 0 Å². The molecule has 6 heteroatoms. The van der Waals surface area contributed by atoms with Crippen LogP contribution in [0.2, 0.25) is 0 Å². The van der Waals surface area contributed by atoms with Crippen molar-refractivity contribution in [3.63, 3.8) is 0 Å². The van der Waals surface area contributed by atoms with E-state index in [2.05, 4.69) is 37.7 Å². The van der Waals surface area contributed by atoms with Crippen molar-refractivity contribution in [2.24, 2.45) is 10.8 Å². The lowest BCUT2D eigenvalue weighted by molar-refractivity contribution is 0.400. The summed E-state index contributed by atoms with van der Waals surface area (Å²) < 4.78 is 32.8. The molecule has 1 aliphatic rings. The van der Waals surface area contributed by atoms with E-state index in [1.807, 2.05) is 6.92 Å². The Labute approximate surface area is 121 Å². The van der Waals surface area contributed by atoms with E-state index in [4.69, 9.17) is 4.42 Å². The summed E-state index contributed by atoms with van der Waals surface area (Å²) in [4.78, 5) is 0. The van der Waals surface area contributed by atoms with Crippen LogP contribution >= 0.6 is 0 Å². The normalized spacial score (nSPS) is 21.1. The number of sulfonamides is 1. The van der Waals surface area contributed by atoms with Gasteiger partial charge in [0.25, 0.3) is 10.0 Å². The molecule has 0 atom stereocenters. The van der Waals surface area contributed by atoms with Crippen molar-refractivity contribution in [3.05, 3.63) is 17.9 Å². The van der Waals surface area contributed by atoms with Crippen LogP contribution in [-0.4, -0.2) is 21.0 Å². The van der Waals surface area contributed by atoms with E-state index in [1.165, 1.54) is 6.07 Å². The number of hydrogen-bond acceptors (Lipinski definition) is 4. The molecule has 2 rings (SSSR count). The van der Waals surface area contributed by atoms with E-state index < -0.39 is 10.0 Å². The summed E-state index contributed by atoms with van der Waals surface area (Å²) in [6, 6.07) is 3.14. The van der Waals surface area contributed by atoms with Gasteiger partial charge >= 0.3 is 0 Å². The summed E-state index contributed by atoms with van der Waals surface area (Å²) >= 11 is 0. The maximum atomic E-state index is 12.3. The third kappa shape index (κ3) is 2.52. The molecule has 0 saturated heterocycles. The first-order valence-corrected chi connectivity index (χ1v) is 8.43. The van der Waals surface area contributed by atoms with E-state index in [0.29, 0.717) is 12.3 Å². The Hall–Kier alpha value is -0.850. The maximum absolute atomic E-state index is 12.3. The topological polar surface area (TPSA) is 71.3 Å². The highest BCUT2D eigenvalue weighted by Crippen LogP contribution is 2.62. The third-order valence-electron chi connectivity index (χ3n) is 4.74. The van der Waals surface area contributed by atoms with Crippen molar-refractivity contribution in [2.75, 3.05) is 6.54 Å². The molecule has 0 unspecified atom stereocenters. The lowest BCUT2D eigenvalue weighted by Gasteiger charge is -2.05. The maximum Gasteiger partial charge on any atom is 0.274 e. The summed E-state index contributed by atoms with van der Waals surface area (Å²) in [6.07, 6.45) is 0. The van der Waals surface area contributed by atoms with Crippen molar-refractivity contribution in [3.8, 4) is 0 Å². The van der Waals surface area contributed by atoms with Gasteiger partial charge in [-0.15, -0.1) is 0 Å². The second kappa shape index (κ2) is 4.86. The highest BCUT2D eigenvalue weighted by molar-refractivity contribution is 7.89. The highest BCUT2D eigenvalue weighted by Gasteiger charge is 2.66. The Bertz CT molecular complexity index is 573. The van der Waals surface area contributed by atoms with E-state index in [1.54, 1.807) is 6.07 Å². The first kappa shape index (κ1) is 15.5. The minimum absolute atomic E-state index is 0.0103. The second-order valence-electron chi connectivity index (χ2n) is 6.50. The van der Waals surface area contributed by atoms with Crippen LogP contribution in [0.3, 0.4) is 0 Å². The monoisotopic (exact) mass is 300 g/mol. The van der Waals surface area contributed by atoms with Crippen LogP contribution in [0, 0.1) is 10.8 Å². The van der Waals surface area contributed by atoms with Crippen LogP contribution in [0.4, 0.5) is 0 Å². The second-order valence-corrected chi connectivity index (χ2v) is 8.14. The molecule has 5 nitrogen and oxygen atoms in total. The molecule has 114 valence electrons. The van der Waals surface area contributed by atoms with Crippen LogP contribution < -0.4 is 10.0 Å². The molecule has 0 radical (unpaired) electrons. The van der Waals surface area contributed by atoms with Gasteiger partial charge < -0.3 is 9.73 Å². The standard InChI is InChI=1S/C14H24N2O3S/c1-6-15-9-10-7-8-11(19-10)20(17,18)16-12-13(2,3)14(12,4)5/h7-8,12,15-16H,6,9H2,1-5H3. The molecule has 0 aliphatic heterocycles. The van der Waals surface area contributed by atoms with Gasteiger partial charge in [-0.2, -0.15) is 0 Å². The molecule has 1 fully saturated rings. The lowest BCUT2D eigenvalue weighted by Crippen LogP contribution is -2.29. The molecule has 20 heavy (non-hydrogen) atoms. The molecular weight excluding hydrogens is 276 g/mol. The van der Waals surface area contributed by atoms with E-state index >= 15 is 0 Å². The van der Waals surface area contributed by atoms with E-state index in [9.17, 15) is 8.42 Å². The number of rotatable bonds is 6. The number of furan rings is 1. The molecule has 0 spiro atoms. The molecule has 0 aromatic carbocycles. The van der Waals surface area contributed by atoms with Gasteiger partial charge in [-0.3, -0.25) is 0 Å². The number of hydrogen-bond donors (Lipinski definition) is 2. The molecule has 1 heterocycles. The van der Waals surface area contributed by atoms with Gasteiger partial charge in [0.1, 0.15) is 5.76 Å². The lowest BCUT2D eigenvalue weighted by atomic mass is 10.0. The largest absolute Gasteiger partial charge is 0.447 e. The van der Waals surface area contributed by atoms with Crippen LogP contribution in [-0.2, 0) is 16.6 Å². The Balaban J connectivity index is 2.10. The first-order valence-electron chi connectivity index (χ1n) is 6.94. The number of nitrogens with one attached hydrogen (secondary N) is 2. The quantitative estimate of drug-likeness (QED) is 0.844. The van der Waals surface area contributed by atoms with Gasteiger partial charge in [-0.1, -0.05) is 34.6 Å². The predicted molar refractivity (Wildman–Crippen MR) is 77.8 cm³/mol. The van der Waals surface area contributed by atoms with Gasteiger partial charge in [0.15, 0.2) is 0 Å². The summed E-state index contributed by atoms with van der Waals surface area (Å²) in [5.74, 6) is 0.626. The molecule has 1 aliphatic carbocycles. The van der Waals surface area contributed by atoms with Gasteiger partial charge in [0.05, 0.1) is 6.54 Å². The molecule has 0 amide bonds. The first-order chi connectivity index (χ1) is 9.13. The smallest absolute Gasteiger partial charge is 0.274 e. The minimum atomic E-state index is -3.59. The van der Waals surface area contributed by atoms with Crippen LogP contribution in [0.1, 0.15) is 40.4 Å². The van der Waals surface area contributed by atoms with Crippen molar-refractivity contribution in [1.29, 1.82) is 0 Å². The van der Waals surface area contributed by atoms with E-state index in [0.717, 1.165) is 6.54 Å². The van der Waals surface area contributed by atoms with Gasteiger partial charge in [0.2, 0.25) is 5.09 Å². The van der Waals surface area contributed by atoms with Gasteiger partial charge in [-0.25, -0.2) is 13.1 Å². The molecule has 1 saturated carbocycles. The molecule has 1 aromatic heterocycles. The van der Waals surface area contributed by atoms with Crippen molar-refractivity contribution >= 4 is 10.0 Å². The zero-order valence-corrected chi connectivity index (χ0v) is 13.6. The third-order valence-corrected chi connectivity index (χ3v) is 6.04. The Morgan fingerprint density at radius 3 is 2.30 bits per heavy atom. The molecule has 2 N–H and O–H groups in total. The summed E-state index contributed by atoms with van der Waals surface area (Å²) in [5.41, 5.74) is -0.0848. The van der Waals surface area contributed by atoms with Crippen molar-refractivity contribution in [2.45, 2.75) is 52.3 Å². The van der Waals surface area contributed by atoms with E-state index in [-0.39, 0.29) is 22.0 Å². The minimum Gasteiger partial charge on any atom is -0.447 e.